The molecule has 0 atom stereocenters. The van der Waals surface area contributed by atoms with Crippen LogP contribution in [-0.2, 0) is 4.79 Å². The quantitative estimate of drug-likeness (QED) is 0.791. The first-order valence-corrected chi connectivity index (χ1v) is 6.71. The Hall–Kier alpha value is -0.570. The third-order valence-corrected chi connectivity index (χ3v) is 4.30. The summed E-state index contributed by atoms with van der Waals surface area (Å²) in [5.74, 6) is 1.19. The van der Waals surface area contributed by atoms with Crippen LogP contribution in [-0.4, -0.2) is 30.4 Å². The van der Waals surface area contributed by atoms with Crippen molar-refractivity contribution in [2.45, 2.75) is 45.4 Å². The van der Waals surface area contributed by atoms with Crippen LogP contribution < -0.4 is 5.73 Å². The first kappa shape index (κ1) is 11.9. The number of rotatable bonds is 4. The van der Waals surface area contributed by atoms with Crippen molar-refractivity contribution in [2.24, 2.45) is 17.1 Å². The van der Waals surface area contributed by atoms with Crippen LogP contribution >= 0.6 is 0 Å². The molecule has 0 radical (unpaired) electrons. The molecule has 3 nitrogen and oxygen atoms in total. The fourth-order valence-electron chi connectivity index (χ4n) is 2.82. The molecule has 0 aromatic carbocycles. The highest BCUT2D eigenvalue weighted by Gasteiger charge is 2.50. The van der Waals surface area contributed by atoms with Gasteiger partial charge < -0.3 is 10.6 Å². The number of hydrogen-bond acceptors (Lipinski definition) is 2. The van der Waals surface area contributed by atoms with Crippen LogP contribution in [0.25, 0.3) is 0 Å². The van der Waals surface area contributed by atoms with Crippen LogP contribution in [0.3, 0.4) is 0 Å². The Balaban J connectivity index is 1.82. The van der Waals surface area contributed by atoms with Crippen molar-refractivity contribution in [3.8, 4) is 0 Å². The lowest BCUT2D eigenvalue weighted by Gasteiger charge is -2.34. The molecule has 1 amide bonds. The van der Waals surface area contributed by atoms with E-state index in [1.807, 2.05) is 0 Å². The normalized spacial score (nSPS) is 24.5. The van der Waals surface area contributed by atoms with Gasteiger partial charge in [0.15, 0.2) is 0 Å². The zero-order valence-corrected chi connectivity index (χ0v) is 10.4. The molecular formula is C13H24N2O. The smallest absolute Gasteiger partial charge is 0.230 e. The Kier molecular flexibility index (Phi) is 3.53. The standard InChI is InChI=1S/C13H24N2O/c1-2-3-11-4-8-15(9-5-11)12(16)13(10-14)6-7-13/h11H,2-10,14H2,1H3. The van der Waals surface area contributed by atoms with Gasteiger partial charge in [-0.25, -0.2) is 0 Å². The van der Waals surface area contributed by atoms with Gasteiger partial charge >= 0.3 is 0 Å². The summed E-state index contributed by atoms with van der Waals surface area (Å²) in [5.41, 5.74) is 5.56. The van der Waals surface area contributed by atoms with E-state index in [9.17, 15) is 4.79 Å². The van der Waals surface area contributed by atoms with E-state index in [1.165, 1.54) is 25.7 Å². The minimum Gasteiger partial charge on any atom is -0.342 e. The van der Waals surface area contributed by atoms with E-state index in [2.05, 4.69) is 11.8 Å². The number of hydrogen-bond donors (Lipinski definition) is 1. The Bertz CT molecular complexity index is 253. The lowest BCUT2D eigenvalue weighted by molar-refractivity contribution is -0.138. The Labute approximate surface area is 98.4 Å². The average Bonchev–Trinajstić information content (AvgIpc) is 3.10. The van der Waals surface area contributed by atoms with E-state index in [0.717, 1.165) is 31.8 Å². The number of carbonyl (C=O) groups excluding carboxylic acids is 1. The van der Waals surface area contributed by atoms with Gasteiger partial charge in [-0.15, -0.1) is 0 Å². The maximum absolute atomic E-state index is 12.2. The molecule has 2 N–H and O–H groups in total. The molecule has 0 spiro atoms. The van der Waals surface area contributed by atoms with E-state index in [4.69, 9.17) is 5.73 Å². The molecule has 16 heavy (non-hydrogen) atoms. The number of carbonyl (C=O) groups is 1. The van der Waals surface area contributed by atoms with E-state index in [0.29, 0.717) is 12.5 Å². The van der Waals surface area contributed by atoms with E-state index >= 15 is 0 Å². The molecule has 0 bridgehead atoms. The molecule has 1 saturated heterocycles. The number of piperidine rings is 1. The van der Waals surface area contributed by atoms with E-state index in [1.54, 1.807) is 0 Å². The lowest BCUT2D eigenvalue weighted by Crippen LogP contribution is -2.44. The van der Waals surface area contributed by atoms with Gasteiger partial charge in [0, 0.05) is 19.6 Å². The van der Waals surface area contributed by atoms with Gasteiger partial charge in [0.25, 0.3) is 0 Å². The molecule has 0 aromatic rings. The minimum atomic E-state index is -0.141. The lowest BCUT2D eigenvalue weighted by atomic mass is 9.91. The molecule has 2 rings (SSSR count). The highest BCUT2D eigenvalue weighted by atomic mass is 16.2. The molecule has 0 aromatic heterocycles. The predicted molar refractivity (Wildman–Crippen MR) is 64.9 cm³/mol. The molecule has 2 fully saturated rings. The van der Waals surface area contributed by atoms with Gasteiger partial charge in [0.1, 0.15) is 0 Å². The summed E-state index contributed by atoms with van der Waals surface area (Å²) in [4.78, 5) is 14.3. The number of nitrogens with zero attached hydrogens (tertiary/aromatic N) is 1. The summed E-state index contributed by atoms with van der Waals surface area (Å²) in [6.45, 7) is 4.71. The SMILES string of the molecule is CCCC1CCN(C(=O)C2(CN)CC2)CC1. The van der Waals surface area contributed by atoms with Crippen molar-refractivity contribution < 1.29 is 4.79 Å². The second kappa shape index (κ2) is 4.74. The largest absolute Gasteiger partial charge is 0.342 e. The summed E-state index contributed by atoms with van der Waals surface area (Å²) < 4.78 is 0. The second-order valence-corrected chi connectivity index (χ2v) is 5.51. The van der Waals surface area contributed by atoms with E-state index < -0.39 is 0 Å². The van der Waals surface area contributed by atoms with Crippen molar-refractivity contribution >= 4 is 5.91 Å². The van der Waals surface area contributed by atoms with Gasteiger partial charge in [-0.3, -0.25) is 4.79 Å². The van der Waals surface area contributed by atoms with Crippen LogP contribution in [0.1, 0.15) is 45.4 Å². The van der Waals surface area contributed by atoms with Crippen LogP contribution in [0.4, 0.5) is 0 Å². The van der Waals surface area contributed by atoms with Gasteiger partial charge in [-0.1, -0.05) is 19.8 Å². The van der Waals surface area contributed by atoms with Crippen LogP contribution in [0.15, 0.2) is 0 Å². The first-order chi connectivity index (χ1) is 7.72. The highest BCUT2D eigenvalue weighted by molar-refractivity contribution is 5.85. The predicted octanol–water partition coefficient (Wildman–Crippen LogP) is 1.76. The fourth-order valence-corrected chi connectivity index (χ4v) is 2.82. The van der Waals surface area contributed by atoms with Crippen molar-refractivity contribution in [1.29, 1.82) is 0 Å². The third-order valence-electron chi connectivity index (χ3n) is 4.30. The van der Waals surface area contributed by atoms with Crippen molar-refractivity contribution in [2.75, 3.05) is 19.6 Å². The Morgan fingerprint density at radius 3 is 2.44 bits per heavy atom. The van der Waals surface area contributed by atoms with Crippen LogP contribution in [0.5, 0.6) is 0 Å². The molecule has 1 aliphatic carbocycles. The molecule has 1 saturated carbocycles. The van der Waals surface area contributed by atoms with Gasteiger partial charge in [-0.2, -0.15) is 0 Å². The van der Waals surface area contributed by atoms with E-state index in [-0.39, 0.29) is 5.41 Å². The molecule has 1 heterocycles. The zero-order chi connectivity index (χ0) is 11.6. The van der Waals surface area contributed by atoms with Gasteiger partial charge in [-0.05, 0) is 31.6 Å². The summed E-state index contributed by atoms with van der Waals surface area (Å²) in [6.07, 6.45) is 7.00. The number of likely N-dealkylation sites (tertiary alicyclic amines) is 1. The molecule has 2 aliphatic rings. The fraction of sp³-hybridized carbons (Fsp3) is 0.923. The van der Waals surface area contributed by atoms with Crippen molar-refractivity contribution in [3.05, 3.63) is 0 Å². The molecule has 0 unspecified atom stereocenters. The van der Waals surface area contributed by atoms with Crippen LogP contribution in [0, 0.1) is 11.3 Å². The van der Waals surface area contributed by atoms with Gasteiger partial charge in [0.05, 0.1) is 5.41 Å². The van der Waals surface area contributed by atoms with Crippen LogP contribution in [0.2, 0.25) is 0 Å². The molecule has 92 valence electrons. The summed E-state index contributed by atoms with van der Waals surface area (Å²) in [6, 6.07) is 0. The summed E-state index contributed by atoms with van der Waals surface area (Å²) in [5, 5.41) is 0. The Morgan fingerprint density at radius 2 is 2.00 bits per heavy atom. The minimum absolute atomic E-state index is 0.141. The topological polar surface area (TPSA) is 46.3 Å². The molecule has 1 aliphatic heterocycles. The average molecular weight is 224 g/mol. The Morgan fingerprint density at radius 1 is 1.38 bits per heavy atom. The summed E-state index contributed by atoms with van der Waals surface area (Å²) in [7, 11) is 0. The number of amides is 1. The molecule has 3 heteroatoms. The first-order valence-electron chi connectivity index (χ1n) is 6.71. The maximum atomic E-state index is 12.2. The maximum Gasteiger partial charge on any atom is 0.230 e. The number of nitrogens with two attached hydrogens (primary N) is 1. The monoisotopic (exact) mass is 224 g/mol. The third kappa shape index (κ3) is 2.24. The molecular weight excluding hydrogens is 200 g/mol. The second-order valence-electron chi connectivity index (χ2n) is 5.51. The van der Waals surface area contributed by atoms with Crippen molar-refractivity contribution in [3.63, 3.8) is 0 Å². The highest BCUT2D eigenvalue weighted by Crippen LogP contribution is 2.46. The zero-order valence-electron chi connectivity index (χ0n) is 10.4. The summed E-state index contributed by atoms with van der Waals surface area (Å²) >= 11 is 0. The van der Waals surface area contributed by atoms with Crippen molar-refractivity contribution in [1.82, 2.24) is 4.90 Å². The van der Waals surface area contributed by atoms with Gasteiger partial charge in [0.2, 0.25) is 5.91 Å².